The number of likely N-dealkylation sites (tertiary alicyclic amines) is 1. The van der Waals surface area contributed by atoms with Crippen molar-refractivity contribution < 1.29 is 14.8 Å². The van der Waals surface area contributed by atoms with Crippen molar-refractivity contribution in [2.45, 2.75) is 25.4 Å². The molecule has 0 radical (unpaired) electrons. The van der Waals surface area contributed by atoms with Crippen molar-refractivity contribution in [2.75, 3.05) is 18.8 Å². The molecule has 0 aliphatic carbocycles. The number of piperidine rings is 1. The highest BCUT2D eigenvalue weighted by Crippen LogP contribution is 2.30. The monoisotopic (exact) mass is 370 g/mol. The quantitative estimate of drug-likeness (QED) is 0.422. The second-order valence-electron chi connectivity index (χ2n) is 6.69. The number of nitrogens with two attached hydrogens (primary N) is 1. The Balaban J connectivity index is 1.58. The van der Waals surface area contributed by atoms with Gasteiger partial charge in [0.05, 0.1) is 10.5 Å². The highest BCUT2D eigenvalue weighted by Gasteiger charge is 2.24. The molecule has 1 aliphatic rings. The zero-order valence-corrected chi connectivity index (χ0v) is 14.8. The minimum atomic E-state index is -0.673. The van der Waals surface area contributed by atoms with Crippen LogP contribution in [0.4, 0.5) is 11.4 Å². The SMILES string of the molecule is Nc1cc(O)c(C(=O)NC2CCN(Cc3ccccc3)CC2)cc1[N+](=O)[O-]. The molecule has 0 aromatic heterocycles. The zero-order chi connectivity index (χ0) is 19.4. The number of hydrogen-bond acceptors (Lipinski definition) is 6. The third-order valence-corrected chi connectivity index (χ3v) is 4.76. The van der Waals surface area contributed by atoms with Crippen LogP contribution in [0.25, 0.3) is 0 Å². The van der Waals surface area contributed by atoms with Crippen LogP contribution in [0.3, 0.4) is 0 Å². The predicted octanol–water partition coefficient (Wildman–Crippen LogP) is 2.28. The summed E-state index contributed by atoms with van der Waals surface area (Å²) in [4.78, 5) is 25.1. The molecule has 0 unspecified atom stereocenters. The van der Waals surface area contributed by atoms with E-state index in [1.807, 2.05) is 18.2 Å². The van der Waals surface area contributed by atoms with Gasteiger partial charge in [0.2, 0.25) is 0 Å². The van der Waals surface area contributed by atoms with Gasteiger partial charge >= 0.3 is 0 Å². The first kappa shape index (κ1) is 18.7. The number of hydrogen-bond donors (Lipinski definition) is 3. The molecule has 8 heteroatoms. The number of nitrogens with one attached hydrogen (secondary N) is 1. The van der Waals surface area contributed by atoms with Gasteiger partial charge in [-0.1, -0.05) is 30.3 Å². The standard InChI is InChI=1S/C19H22N4O4/c20-16-11-18(24)15(10-17(16)23(26)27)19(25)21-14-6-8-22(9-7-14)12-13-4-2-1-3-5-13/h1-5,10-11,14,24H,6-9,12,20H2,(H,21,25). The molecule has 8 nitrogen and oxygen atoms in total. The van der Waals surface area contributed by atoms with Crippen LogP contribution in [0.15, 0.2) is 42.5 Å². The van der Waals surface area contributed by atoms with Gasteiger partial charge in [-0.2, -0.15) is 0 Å². The Morgan fingerprint density at radius 3 is 2.56 bits per heavy atom. The molecule has 0 atom stereocenters. The molecule has 4 N–H and O–H groups in total. The van der Waals surface area contributed by atoms with Crippen molar-refractivity contribution in [3.8, 4) is 5.75 Å². The van der Waals surface area contributed by atoms with Crippen LogP contribution in [0.2, 0.25) is 0 Å². The van der Waals surface area contributed by atoms with Crippen molar-refractivity contribution in [3.05, 3.63) is 63.7 Å². The minimum Gasteiger partial charge on any atom is -0.507 e. The average Bonchev–Trinajstić information content (AvgIpc) is 2.64. The smallest absolute Gasteiger partial charge is 0.293 e. The maximum atomic E-state index is 12.4. The Labute approximate surface area is 156 Å². The summed E-state index contributed by atoms with van der Waals surface area (Å²) in [5.74, 6) is -0.894. The third kappa shape index (κ3) is 4.53. The number of benzene rings is 2. The van der Waals surface area contributed by atoms with Gasteiger partial charge in [0, 0.05) is 37.8 Å². The fraction of sp³-hybridized carbons (Fsp3) is 0.316. The van der Waals surface area contributed by atoms with Crippen LogP contribution in [0.5, 0.6) is 5.75 Å². The van der Waals surface area contributed by atoms with Crippen LogP contribution >= 0.6 is 0 Å². The molecule has 1 heterocycles. The first-order valence-corrected chi connectivity index (χ1v) is 8.78. The van der Waals surface area contributed by atoms with Crippen molar-refractivity contribution in [1.82, 2.24) is 10.2 Å². The average molecular weight is 370 g/mol. The number of rotatable bonds is 5. The molecule has 142 valence electrons. The molecule has 2 aromatic rings. The molecular weight excluding hydrogens is 348 g/mol. The molecule has 27 heavy (non-hydrogen) atoms. The summed E-state index contributed by atoms with van der Waals surface area (Å²) in [7, 11) is 0. The number of carbonyl (C=O) groups is 1. The number of aromatic hydroxyl groups is 1. The fourth-order valence-electron chi connectivity index (χ4n) is 3.27. The van der Waals surface area contributed by atoms with Crippen LogP contribution < -0.4 is 11.1 Å². The lowest BCUT2D eigenvalue weighted by Gasteiger charge is -2.32. The van der Waals surface area contributed by atoms with E-state index in [1.165, 1.54) is 5.56 Å². The van der Waals surface area contributed by atoms with Crippen molar-refractivity contribution in [3.63, 3.8) is 0 Å². The first-order chi connectivity index (χ1) is 12.9. The lowest BCUT2D eigenvalue weighted by molar-refractivity contribution is -0.383. The number of nitrogens with zero attached hydrogens (tertiary/aromatic N) is 2. The number of carbonyl (C=O) groups excluding carboxylic acids is 1. The Kier molecular flexibility index (Phi) is 5.56. The summed E-state index contributed by atoms with van der Waals surface area (Å²) in [6, 6.07) is 12.2. The van der Waals surface area contributed by atoms with Gasteiger partial charge in [0.25, 0.3) is 11.6 Å². The van der Waals surface area contributed by atoms with E-state index in [-0.39, 0.29) is 23.0 Å². The van der Waals surface area contributed by atoms with Crippen LogP contribution in [0, 0.1) is 10.1 Å². The Morgan fingerprint density at radius 2 is 1.93 bits per heavy atom. The van der Waals surface area contributed by atoms with Gasteiger partial charge in [-0.3, -0.25) is 19.8 Å². The molecule has 1 saturated heterocycles. The molecule has 2 aromatic carbocycles. The number of nitrogen functional groups attached to an aromatic ring is 1. The lowest BCUT2D eigenvalue weighted by Crippen LogP contribution is -2.44. The van der Waals surface area contributed by atoms with E-state index >= 15 is 0 Å². The van der Waals surface area contributed by atoms with E-state index in [0.29, 0.717) is 0 Å². The van der Waals surface area contributed by atoms with E-state index < -0.39 is 16.5 Å². The molecule has 1 fully saturated rings. The zero-order valence-electron chi connectivity index (χ0n) is 14.8. The number of amides is 1. The van der Waals surface area contributed by atoms with Crippen LogP contribution in [-0.2, 0) is 6.54 Å². The van der Waals surface area contributed by atoms with E-state index in [1.54, 1.807) is 0 Å². The Morgan fingerprint density at radius 1 is 1.26 bits per heavy atom. The topological polar surface area (TPSA) is 122 Å². The normalized spacial score (nSPS) is 15.4. The van der Waals surface area contributed by atoms with Crippen molar-refractivity contribution in [2.24, 2.45) is 0 Å². The maximum absolute atomic E-state index is 12.4. The Hall–Kier alpha value is -3.13. The summed E-state index contributed by atoms with van der Waals surface area (Å²) >= 11 is 0. The molecule has 0 bridgehead atoms. The second-order valence-corrected chi connectivity index (χ2v) is 6.69. The number of phenolic OH excluding ortho intramolecular Hbond substituents is 1. The second kappa shape index (κ2) is 8.05. The van der Waals surface area contributed by atoms with Gasteiger partial charge in [-0.25, -0.2) is 0 Å². The highest BCUT2D eigenvalue weighted by molar-refractivity contribution is 5.98. The molecule has 1 aliphatic heterocycles. The van der Waals surface area contributed by atoms with Crippen molar-refractivity contribution in [1.29, 1.82) is 0 Å². The maximum Gasteiger partial charge on any atom is 0.293 e. The third-order valence-electron chi connectivity index (χ3n) is 4.76. The number of nitro groups is 1. The van der Waals surface area contributed by atoms with E-state index in [0.717, 1.165) is 44.6 Å². The largest absolute Gasteiger partial charge is 0.507 e. The fourth-order valence-corrected chi connectivity index (χ4v) is 3.27. The molecule has 3 rings (SSSR count). The van der Waals surface area contributed by atoms with Gasteiger partial charge in [-0.05, 0) is 18.4 Å². The highest BCUT2D eigenvalue weighted by atomic mass is 16.6. The summed E-state index contributed by atoms with van der Waals surface area (Å²) in [5.41, 5.74) is 6.06. The lowest BCUT2D eigenvalue weighted by atomic mass is 10.0. The van der Waals surface area contributed by atoms with E-state index in [9.17, 15) is 20.0 Å². The molecule has 1 amide bonds. The summed E-state index contributed by atoms with van der Waals surface area (Å²) < 4.78 is 0. The van der Waals surface area contributed by atoms with Crippen LogP contribution in [-0.4, -0.2) is 40.0 Å². The van der Waals surface area contributed by atoms with Crippen LogP contribution in [0.1, 0.15) is 28.8 Å². The summed E-state index contributed by atoms with van der Waals surface area (Å²) in [5, 5.41) is 23.8. The summed E-state index contributed by atoms with van der Waals surface area (Å²) in [6.45, 7) is 2.55. The van der Waals surface area contributed by atoms with E-state index in [2.05, 4.69) is 22.3 Å². The molecular formula is C19H22N4O4. The Bertz CT molecular complexity index is 833. The van der Waals surface area contributed by atoms with E-state index in [4.69, 9.17) is 5.73 Å². The first-order valence-electron chi connectivity index (χ1n) is 8.78. The van der Waals surface area contributed by atoms with Gasteiger partial charge in [-0.15, -0.1) is 0 Å². The van der Waals surface area contributed by atoms with Gasteiger partial charge < -0.3 is 16.2 Å². The number of anilines is 1. The van der Waals surface area contributed by atoms with Crippen molar-refractivity contribution >= 4 is 17.3 Å². The minimum absolute atomic E-state index is 0.0412. The van der Waals surface area contributed by atoms with Gasteiger partial charge in [0.1, 0.15) is 11.4 Å². The molecule has 0 spiro atoms. The molecule has 0 saturated carbocycles. The predicted molar refractivity (Wildman–Crippen MR) is 101 cm³/mol. The number of phenols is 1. The van der Waals surface area contributed by atoms with Gasteiger partial charge in [0.15, 0.2) is 0 Å². The summed E-state index contributed by atoms with van der Waals surface area (Å²) in [6.07, 6.45) is 1.55. The number of nitro benzene ring substituents is 1.